The van der Waals surface area contributed by atoms with Crippen LogP contribution >= 0.6 is 0 Å². The van der Waals surface area contributed by atoms with E-state index in [1.165, 1.54) is 0 Å². The van der Waals surface area contributed by atoms with E-state index >= 15 is 0 Å². The van der Waals surface area contributed by atoms with Crippen molar-refractivity contribution in [3.8, 4) is 18.0 Å². The summed E-state index contributed by atoms with van der Waals surface area (Å²) in [5.41, 5.74) is 0. The molecule has 0 aliphatic rings. The molecule has 0 radical (unpaired) electrons. The van der Waals surface area contributed by atoms with Crippen LogP contribution in [0.4, 0.5) is 13.2 Å². The molecule has 0 aromatic carbocycles. The lowest BCUT2D eigenvalue weighted by Gasteiger charge is -2.09. The van der Waals surface area contributed by atoms with Gasteiger partial charge < -0.3 is 14.2 Å². The number of hydrogen-bond donors (Lipinski definition) is 0. The highest BCUT2D eigenvalue weighted by molar-refractivity contribution is 5.09. The van der Waals surface area contributed by atoms with Gasteiger partial charge in [0.1, 0.15) is 116 Å². The molecule has 0 N–H and O–H groups in total. The molecule has 0 saturated carbocycles. The highest BCUT2D eigenvalue weighted by atomic mass is 19.1. The largest absolute Gasteiger partial charge is 0.459 e. The summed E-state index contributed by atoms with van der Waals surface area (Å²) < 4.78 is 65.7. The van der Waals surface area contributed by atoms with E-state index in [-0.39, 0.29) is 37.9 Å². The Morgan fingerprint density at radius 1 is 0.538 bits per heavy atom. The SMILES string of the molecule is FCC[n+]1ccn(CCOc2nc(OCCn3cc[n+](CCF)c3)nc(OCCn3cc[n+](CCF)c3)n2)c1. The van der Waals surface area contributed by atoms with Gasteiger partial charge in [0.05, 0.1) is 0 Å². The third kappa shape index (κ3) is 8.97. The first-order valence-corrected chi connectivity index (χ1v) is 12.6. The van der Waals surface area contributed by atoms with Crippen molar-refractivity contribution in [2.45, 2.75) is 39.3 Å². The van der Waals surface area contributed by atoms with Crippen molar-refractivity contribution in [3.63, 3.8) is 0 Å². The van der Waals surface area contributed by atoms with Gasteiger partial charge in [0.25, 0.3) is 0 Å². The van der Waals surface area contributed by atoms with Crippen LogP contribution in [-0.2, 0) is 39.3 Å². The molecule has 0 amide bonds. The molecule has 12 nitrogen and oxygen atoms in total. The van der Waals surface area contributed by atoms with Gasteiger partial charge in [-0.3, -0.25) is 0 Å². The number of imidazole rings is 3. The van der Waals surface area contributed by atoms with Crippen molar-refractivity contribution in [1.29, 1.82) is 0 Å². The minimum absolute atomic E-state index is 0.0438. The second kappa shape index (κ2) is 14.7. The van der Waals surface area contributed by atoms with Crippen LogP contribution in [0.15, 0.2) is 56.2 Å². The van der Waals surface area contributed by atoms with E-state index in [1.54, 1.807) is 51.3 Å². The summed E-state index contributed by atoms with van der Waals surface area (Å²) in [7, 11) is 0. The van der Waals surface area contributed by atoms with E-state index in [0.717, 1.165) is 0 Å². The van der Waals surface area contributed by atoms with Gasteiger partial charge >= 0.3 is 18.0 Å². The summed E-state index contributed by atoms with van der Waals surface area (Å²) in [6.45, 7) is 1.81. The van der Waals surface area contributed by atoms with E-state index in [0.29, 0.717) is 39.3 Å². The second-order valence-electron chi connectivity index (χ2n) is 8.46. The molecule has 0 bridgehead atoms. The third-order valence-electron chi connectivity index (χ3n) is 5.58. The average Bonchev–Trinajstić information content (AvgIpc) is 3.67. The van der Waals surface area contributed by atoms with Gasteiger partial charge in [-0.05, 0) is 0 Å². The summed E-state index contributed by atoms with van der Waals surface area (Å²) in [5, 5.41) is 0. The molecule has 0 saturated heterocycles. The van der Waals surface area contributed by atoms with Crippen molar-refractivity contribution in [1.82, 2.24) is 28.7 Å². The van der Waals surface area contributed by atoms with Crippen molar-refractivity contribution < 1.29 is 41.1 Å². The van der Waals surface area contributed by atoms with Crippen molar-refractivity contribution in [2.24, 2.45) is 0 Å². The van der Waals surface area contributed by atoms with E-state index in [9.17, 15) is 13.2 Å². The molecule has 0 unspecified atom stereocenters. The smallest absolute Gasteiger partial charge is 0.325 e. The lowest BCUT2D eigenvalue weighted by atomic mass is 10.6. The lowest BCUT2D eigenvalue weighted by molar-refractivity contribution is -0.696. The van der Waals surface area contributed by atoms with Crippen LogP contribution in [0, 0.1) is 0 Å². The molecule has 39 heavy (non-hydrogen) atoms. The molecule has 4 rings (SSSR count). The predicted octanol–water partition coefficient (Wildman–Crippen LogP) is 0.284. The number of rotatable bonds is 18. The van der Waals surface area contributed by atoms with Gasteiger partial charge in [-0.2, -0.15) is 0 Å². The summed E-state index contributed by atoms with van der Waals surface area (Å²) in [6.07, 6.45) is 16.2. The van der Waals surface area contributed by atoms with Gasteiger partial charge in [-0.25, -0.2) is 40.6 Å². The molecule has 0 aliphatic heterocycles. The van der Waals surface area contributed by atoms with Crippen molar-refractivity contribution in [3.05, 3.63) is 56.2 Å². The number of hydrogen-bond acceptors (Lipinski definition) is 6. The molecule has 0 atom stereocenters. The number of alkyl halides is 3. The summed E-state index contributed by atoms with van der Waals surface area (Å²) in [5.74, 6) is 0. The molecule has 0 aliphatic carbocycles. The van der Waals surface area contributed by atoms with E-state index in [2.05, 4.69) is 15.0 Å². The van der Waals surface area contributed by atoms with Crippen molar-refractivity contribution >= 4 is 0 Å². The Morgan fingerprint density at radius 2 is 0.846 bits per heavy atom. The molecule has 210 valence electrons. The van der Waals surface area contributed by atoms with Crippen molar-refractivity contribution in [2.75, 3.05) is 39.8 Å². The van der Waals surface area contributed by atoms with Crippen LogP contribution in [0.25, 0.3) is 0 Å². The normalized spacial score (nSPS) is 11.2. The van der Waals surface area contributed by atoms with Crippen LogP contribution in [0.2, 0.25) is 0 Å². The van der Waals surface area contributed by atoms with Gasteiger partial charge in [-0.1, -0.05) is 0 Å². The zero-order valence-electron chi connectivity index (χ0n) is 21.6. The van der Waals surface area contributed by atoms with Gasteiger partial charge in [0.2, 0.25) is 19.0 Å². The average molecular weight is 553 g/mol. The number of ether oxygens (including phenoxy) is 3. The fraction of sp³-hybridized carbons (Fsp3) is 0.500. The highest BCUT2D eigenvalue weighted by Gasteiger charge is 2.13. The maximum Gasteiger partial charge on any atom is 0.325 e. The summed E-state index contributed by atoms with van der Waals surface area (Å²) in [6, 6.07) is 0.131. The maximum atomic E-state index is 12.5. The number of aromatic nitrogens is 9. The maximum absolute atomic E-state index is 12.5. The highest BCUT2D eigenvalue weighted by Crippen LogP contribution is 2.15. The zero-order chi connectivity index (χ0) is 27.3. The van der Waals surface area contributed by atoms with Crippen LogP contribution in [0.3, 0.4) is 0 Å². The first kappa shape index (κ1) is 27.9. The van der Waals surface area contributed by atoms with Gasteiger partial charge in [0, 0.05) is 0 Å². The Bertz CT molecular complexity index is 1120. The Morgan fingerprint density at radius 3 is 1.13 bits per heavy atom. The first-order chi connectivity index (χ1) is 19.1. The molecular formula is C24H33F3N9O3+3. The quantitative estimate of drug-likeness (QED) is 0.165. The minimum Gasteiger partial charge on any atom is -0.459 e. The predicted molar refractivity (Wildman–Crippen MR) is 128 cm³/mol. The fourth-order valence-electron chi connectivity index (χ4n) is 3.64. The van der Waals surface area contributed by atoms with E-state index in [1.807, 2.05) is 32.3 Å². The standard InChI is InChI=1S/C24H33F3N9O3/c25-1-4-31-7-10-34(19-31)13-16-37-22-28-23(38-17-14-35-11-8-32(20-35)5-2-26)30-24(29-22)39-18-15-36-12-9-33(21-36)6-3-27/h7-12,19-21H,1-6,13-18H2/q+3. The second-order valence-corrected chi connectivity index (χ2v) is 8.46. The van der Waals surface area contributed by atoms with E-state index < -0.39 is 20.0 Å². The molecule has 15 heteroatoms. The van der Waals surface area contributed by atoms with Gasteiger partial charge in [0.15, 0.2) is 0 Å². The molecule has 4 aromatic rings. The summed E-state index contributed by atoms with van der Waals surface area (Å²) in [4.78, 5) is 12.7. The van der Waals surface area contributed by atoms with Gasteiger partial charge in [-0.15, -0.1) is 15.0 Å². The minimum atomic E-state index is -0.439. The number of aryl methyl sites for hydroxylation is 3. The molecule has 4 aromatic heterocycles. The Balaban J connectivity index is 1.34. The third-order valence-corrected chi connectivity index (χ3v) is 5.58. The van der Waals surface area contributed by atoms with Crippen LogP contribution in [0.5, 0.6) is 18.0 Å². The molecule has 0 spiro atoms. The molecular weight excluding hydrogens is 519 g/mol. The fourth-order valence-corrected chi connectivity index (χ4v) is 3.64. The van der Waals surface area contributed by atoms with Crippen LogP contribution in [-0.4, -0.2) is 68.5 Å². The summed E-state index contributed by atoms with van der Waals surface area (Å²) >= 11 is 0. The Kier molecular flexibility index (Phi) is 10.5. The molecule has 4 heterocycles. The number of nitrogens with zero attached hydrogens (tertiary/aromatic N) is 9. The Hall–Kier alpha value is -4.17. The van der Waals surface area contributed by atoms with E-state index in [4.69, 9.17) is 14.2 Å². The zero-order valence-corrected chi connectivity index (χ0v) is 21.6. The number of halogens is 3. The first-order valence-electron chi connectivity index (χ1n) is 12.6. The van der Waals surface area contributed by atoms with Crippen LogP contribution < -0.4 is 27.9 Å². The monoisotopic (exact) mass is 552 g/mol. The topological polar surface area (TPSA) is 92.8 Å². The van der Waals surface area contributed by atoms with Crippen LogP contribution in [0.1, 0.15) is 0 Å². The lowest BCUT2D eigenvalue weighted by Crippen LogP contribution is -2.32. The molecule has 0 fully saturated rings. The Labute approximate surface area is 223 Å².